The number of H-pyrrole nitrogens is 1. The first-order chi connectivity index (χ1) is 16.5. The fourth-order valence-corrected chi connectivity index (χ4v) is 7.45. The maximum atomic E-state index is 10.1. The average Bonchev–Trinajstić information content (AvgIpc) is 3.20. The van der Waals surface area contributed by atoms with Crippen molar-refractivity contribution in [3.05, 3.63) is 58.4 Å². The molecule has 0 radical (unpaired) electrons. The topological polar surface area (TPSA) is 61.7 Å². The molecule has 7 rings (SSSR count). The Kier molecular flexibility index (Phi) is 5.06. The Balaban J connectivity index is 1.42. The average molecular weight is 452 g/mol. The molecular weight excluding hydrogens is 418 g/mol. The van der Waals surface area contributed by atoms with Crippen LogP contribution in [0.15, 0.2) is 30.3 Å². The molecule has 0 amide bonds. The first-order valence-corrected chi connectivity index (χ1v) is 12.8. The van der Waals surface area contributed by atoms with Crippen LogP contribution >= 0.6 is 0 Å². The van der Waals surface area contributed by atoms with Crippen LogP contribution in [0.5, 0.6) is 5.75 Å². The summed E-state index contributed by atoms with van der Waals surface area (Å²) >= 11 is 0. The van der Waals surface area contributed by atoms with Crippen LogP contribution in [-0.4, -0.2) is 16.6 Å². The fraction of sp³-hybridized carbons (Fsp3) is 0.467. The number of hydrogen-bond donors (Lipinski definition) is 1. The lowest BCUT2D eigenvalue weighted by molar-refractivity contribution is -0.00521. The van der Waals surface area contributed by atoms with E-state index in [1.807, 2.05) is 13.0 Å². The molecule has 1 N–H and O–H groups in total. The van der Waals surface area contributed by atoms with Gasteiger partial charge in [-0.25, -0.2) is 4.98 Å². The number of benzene rings is 2. The summed E-state index contributed by atoms with van der Waals surface area (Å²) in [6, 6.07) is 13.3. The Bertz CT molecular complexity index is 1260. The molecule has 2 aromatic carbocycles. The number of nitrogens with zero attached hydrogens (tertiary/aromatic N) is 2. The van der Waals surface area contributed by atoms with Crippen LogP contribution in [-0.2, 0) is 5.41 Å². The van der Waals surface area contributed by atoms with Gasteiger partial charge in [-0.1, -0.05) is 6.07 Å². The predicted octanol–water partition coefficient (Wildman–Crippen LogP) is 7.11. The number of nitriles is 1. The maximum absolute atomic E-state index is 10.1. The van der Waals surface area contributed by atoms with Gasteiger partial charge in [-0.2, -0.15) is 5.26 Å². The summed E-state index contributed by atoms with van der Waals surface area (Å²) in [5.74, 6) is 4.15. The molecule has 0 unspecified atom stereocenters. The van der Waals surface area contributed by atoms with Crippen LogP contribution in [0.4, 0.5) is 0 Å². The van der Waals surface area contributed by atoms with E-state index in [4.69, 9.17) is 9.72 Å². The van der Waals surface area contributed by atoms with Crippen LogP contribution in [0.3, 0.4) is 0 Å². The normalized spacial score (nSPS) is 27.8. The van der Waals surface area contributed by atoms with E-state index in [0.717, 1.165) is 40.1 Å². The van der Waals surface area contributed by atoms with Crippen LogP contribution in [0.2, 0.25) is 0 Å². The van der Waals surface area contributed by atoms with E-state index in [0.29, 0.717) is 23.4 Å². The monoisotopic (exact) mass is 451 g/mol. The van der Waals surface area contributed by atoms with Gasteiger partial charge in [-0.05, 0) is 129 Å². The molecule has 4 fully saturated rings. The number of aryl methyl sites for hydroxylation is 2. The molecular formula is C30H33N3O. The quantitative estimate of drug-likeness (QED) is 0.420. The van der Waals surface area contributed by atoms with Gasteiger partial charge in [0.15, 0.2) is 0 Å². The van der Waals surface area contributed by atoms with E-state index in [-0.39, 0.29) is 0 Å². The number of hydrogen-bond acceptors (Lipinski definition) is 3. The van der Waals surface area contributed by atoms with Crippen LogP contribution < -0.4 is 4.74 Å². The second-order valence-corrected chi connectivity index (χ2v) is 11.1. The number of aromatic amines is 1. The van der Waals surface area contributed by atoms with Gasteiger partial charge in [0.25, 0.3) is 0 Å². The molecule has 0 atom stereocenters. The Morgan fingerprint density at radius 3 is 2.41 bits per heavy atom. The molecule has 1 heterocycles. The highest BCUT2D eigenvalue weighted by molar-refractivity contribution is 5.91. The first kappa shape index (κ1) is 21.5. The van der Waals surface area contributed by atoms with E-state index >= 15 is 0 Å². The standard InChI is InChI=1S/C30H33N3O/c1-4-34-28-6-5-25(30-14-20-9-21(15-30)11-22(10-20)16-30)13-23(28)12-24(17-31)29-32-26-7-18(2)19(3)8-27(26)33-29/h5-8,12-13,20-22H,4,9-11,14-16H2,1-3H3,(H,32,33)/b24-12+. The summed E-state index contributed by atoms with van der Waals surface area (Å²) in [5, 5.41) is 10.1. The Hall–Kier alpha value is -3.06. The lowest BCUT2D eigenvalue weighted by Gasteiger charge is -2.57. The van der Waals surface area contributed by atoms with Crippen LogP contribution in [0.1, 0.15) is 73.5 Å². The van der Waals surface area contributed by atoms with Gasteiger partial charge in [0.1, 0.15) is 17.6 Å². The zero-order valence-corrected chi connectivity index (χ0v) is 20.4. The third kappa shape index (κ3) is 3.54. The summed E-state index contributed by atoms with van der Waals surface area (Å²) in [6.07, 6.45) is 10.2. The minimum atomic E-state index is 0.309. The van der Waals surface area contributed by atoms with Crippen LogP contribution in [0, 0.1) is 42.9 Å². The lowest BCUT2D eigenvalue weighted by Crippen LogP contribution is -2.48. The second-order valence-electron chi connectivity index (χ2n) is 11.1. The number of rotatable bonds is 5. The molecule has 4 aliphatic carbocycles. The molecule has 4 saturated carbocycles. The van der Waals surface area contributed by atoms with E-state index in [1.54, 1.807) is 0 Å². The number of fused-ring (bicyclic) bond motifs is 1. The predicted molar refractivity (Wildman–Crippen MR) is 137 cm³/mol. The second kappa shape index (κ2) is 8.01. The smallest absolute Gasteiger partial charge is 0.149 e. The summed E-state index contributed by atoms with van der Waals surface area (Å²) < 4.78 is 6.00. The molecule has 0 saturated heterocycles. The Morgan fingerprint density at radius 2 is 1.76 bits per heavy atom. The number of allylic oxidation sites excluding steroid dienone is 1. The van der Waals surface area contributed by atoms with Gasteiger partial charge in [-0.3, -0.25) is 0 Å². The van der Waals surface area contributed by atoms with Gasteiger partial charge < -0.3 is 9.72 Å². The largest absolute Gasteiger partial charge is 0.493 e. The molecule has 34 heavy (non-hydrogen) atoms. The van der Waals surface area contributed by atoms with Gasteiger partial charge >= 0.3 is 0 Å². The summed E-state index contributed by atoms with van der Waals surface area (Å²) in [5.41, 5.74) is 7.55. The fourth-order valence-electron chi connectivity index (χ4n) is 7.45. The van der Waals surface area contributed by atoms with Crippen molar-refractivity contribution in [2.24, 2.45) is 17.8 Å². The molecule has 4 bridgehead atoms. The maximum Gasteiger partial charge on any atom is 0.149 e. The molecule has 0 spiro atoms. The zero-order chi connectivity index (χ0) is 23.4. The minimum absolute atomic E-state index is 0.309. The molecule has 1 aromatic heterocycles. The van der Waals surface area contributed by atoms with Gasteiger partial charge in [0, 0.05) is 5.56 Å². The van der Waals surface area contributed by atoms with Crippen LogP contribution in [0.25, 0.3) is 22.7 Å². The third-order valence-electron chi connectivity index (χ3n) is 8.73. The summed E-state index contributed by atoms with van der Waals surface area (Å²) in [4.78, 5) is 8.11. The summed E-state index contributed by atoms with van der Waals surface area (Å²) in [6.45, 7) is 6.80. The Morgan fingerprint density at radius 1 is 1.09 bits per heavy atom. The molecule has 4 nitrogen and oxygen atoms in total. The van der Waals surface area contributed by atoms with Gasteiger partial charge in [-0.15, -0.1) is 0 Å². The minimum Gasteiger partial charge on any atom is -0.493 e. The van der Waals surface area contributed by atoms with Crippen molar-refractivity contribution in [1.82, 2.24) is 9.97 Å². The molecule has 4 heteroatoms. The van der Waals surface area contributed by atoms with E-state index in [9.17, 15) is 5.26 Å². The molecule has 0 aliphatic heterocycles. The van der Waals surface area contributed by atoms with Crippen molar-refractivity contribution < 1.29 is 4.74 Å². The van der Waals surface area contributed by atoms with Crippen molar-refractivity contribution in [3.63, 3.8) is 0 Å². The summed E-state index contributed by atoms with van der Waals surface area (Å²) in [7, 11) is 0. The highest BCUT2D eigenvalue weighted by atomic mass is 16.5. The van der Waals surface area contributed by atoms with Crippen molar-refractivity contribution in [2.75, 3.05) is 6.61 Å². The zero-order valence-electron chi connectivity index (χ0n) is 20.4. The van der Waals surface area contributed by atoms with Crippen molar-refractivity contribution in [3.8, 4) is 11.8 Å². The van der Waals surface area contributed by atoms with Crippen molar-refractivity contribution in [2.45, 2.75) is 64.7 Å². The van der Waals surface area contributed by atoms with E-state index in [1.165, 1.54) is 55.2 Å². The lowest BCUT2D eigenvalue weighted by atomic mass is 9.48. The van der Waals surface area contributed by atoms with Crippen molar-refractivity contribution in [1.29, 1.82) is 5.26 Å². The Labute approximate surface area is 202 Å². The van der Waals surface area contributed by atoms with E-state index < -0.39 is 0 Å². The third-order valence-corrected chi connectivity index (χ3v) is 8.73. The number of aromatic nitrogens is 2. The molecule has 174 valence electrons. The molecule has 3 aromatic rings. The highest BCUT2D eigenvalue weighted by Gasteiger charge is 2.51. The SMILES string of the molecule is CCOc1ccc(C23CC4CC(CC(C4)C2)C3)cc1/C=C(\C#N)c1nc2cc(C)c(C)cc2[nH]1. The number of ether oxygens (including phenoxy) is 1. The van der Waals surface area contributed by atoms with Crippen molar-refractivity contribution >= 4 is 22.7 Å². The number of nitrogens with one attached hydrogen (secondary N) is 1. The number of imidazole rings is 1. The highest BCUT2D eigenvalue weighted by Crippen LogP contribution is 2.61. The van der Waals surface area contributed by atoms with Gasteiger partial charge in [0.2, 0.25) is 0 Å². The molecule has 4 aliphatic rings. The van der Waals surface area contributed by atoms with E-state index in [2.05, 4.69) is 55.2 Å². The first-order valence-electron chi connectivity index (χ1n) is 12.8. The van der Waals surface area contributed by atoms with Gasteiger partial charge in [0.05, 0.1) is 23.2 Å².